The van der Waals surface area contributed by atoms with E-state index in [0.717, 1.165) is 56.6 Å². The fourth-order valence-electron chi connectivity index (χ4n) is 2.80. The van der Waals surface area contributed by atoms with Crippen LogP contribution in [0.5, 0.6) is 0 Å². The van der Waals surface area contributed by atoms with Crippen molar-refractivity contribution in [2.45, 2.75) is 13.0 Å². The molecule has 1 aromatic heterocycles. The van der Waals surface area contributed by atoms with E-state index in [1.54, 1.807) is 6.26 Å². The van der Waals surface area contributed by atoms with E-state index in [1.807, 2.05) is 18.2 Å². The van der Waals surface area contributed by atoms with E-state index >= 15 is 0 Å². The minimum Gasteiger partial charge on any atom is -0.468 e. The van der Waals surface area contributed by atoms with Crippen LogP contribution >= 0.6 is 12.2 Å². The summed E-state index contributed by atoms with van der Waals surface area (Å²) in [6, 6.07) is 14.5. The van der Waals surface area contributed by atoms with Gasteiger partial charge in [0.25, 0.3) is 0 Å². The highest BCUT2D eigenvalue weighted by molar-refractivity contribution is 7.80. The lowest BCUT2D eigenvalue weighted by Crippen LogP contribution is -2.51. The van der Waals surface area contributed by atoms with E-state index in [2.05, 4.69) is 39.4 Å². The highest BCUT2D eigenvalue weighted by atomic mass is 32.1. The maximum Gasteiger partial charge on any atom is 0.169 e. The lowest BCUT2D eigenvalue weighted by molar-refractivity contribution is 0.164. The van der Waals surface area contributed by atoms with Gasteiger partial charge >= 0.3 is 0 Å². The molecule has 1 N–H and O–H groups in total. The summed E-state index contributed by atoms with van der Waals surface area (Å²) in [5.74, 6) is 1.03. The molecule has 0 spiro atoms. The smallest absolute Gasteiger partial charge is 0.169 e. The van der Waals surface area contributed by atoms with E-state index in [9.17, 15) is 0 Å². The molecule has 23 heavy (non-hydrogen) atoms. The zero-order valence-electron chi connectivity index (χ0n) is 13.3. The number of benzene rings is 1. The third-order valence-corrected chi connectivity index (χ3v) is 4.55. The summed E-state index contributed by atoms with van der Waals surface area (Å²) < 4.78 is 5.41. The second-order valence-electron chi connectivity index (χ2n) is 5.81. The Hall–Kier alpha value is -1.85. The van der Waals surface area contributed by atoms with E-state index in [1.165, 1.54) is 5.56 Å². The van der Waals surface area contributed by atoms with Crippen molar-refractivity contribution in [3.63, 3.8) is 0 Å². The molecule has 0 bridgehead atoms. The van der Waals surface area contributed by atoms with E-state index < -0.39 is 0 Å². The van der Waals surface area contributed by atoms with Crippen LogP contribution in [-0.4, -0.2) is 47.6 Å². The summed E-state index contributed by atoms with van der Waals surface area (Å²) in [5, 5.41) is 4.26. The first-order valence-electron chi connectivity index (χ1n) is 8.13. The number of thiocarbonyl (C=S) groups is 1. The standard InChI is InChI=1S/C18H23N3OS/c23-18(19-9-8-16-5-2-1-3-6-16)21-12-10-20(11-13-21)15-17-7-4-14-22-17/h1-7,14H,8-13,15H2,(H,19,23). The van der Waals surface area contributed by atoms with Crippen molar-refractivity contribution in [1.82, 2.24) is 15.1 Å². The Morgan fingerprint density at radius 2 is 1.83 bits per heavy atom. The van der Waals surface area contributed by atoms with E-state index in [-0.39, 0.29) is 0 Å². The van der Waals surface area contributed by atoms with Gasteiger partial charge in [-0.3, -0.25) is 4.90 Å². The second kappa shape index (κ2) is 8.13. The quantitative estimate of drug-likeness (QED) is 0.852. The molecule has 0 radical (unpaired) electrons. The van der Waals surface area contributed by atoms with Crippen molar-refractivity contribution in [3.8, 4) is 0 Å². The van der Waals surface area contributed by atoms with Crippen molar-refractivity contribution in [2.75, 3.05) is 32.7 Å². The molecule has 0 unspecified atom stereocenters. The normalized spacial score (nSPS) is 15.6. The summed E-state index contributed by atoms with van der Waals surface area (Å²) in [4.78, 5) is 4.67. The first-order valence-corrected chi connectivity index (χ1v) is 8.53. The lowest BCUT2D eigenvalue weighted by atomic mass is 10.1. The third kappa shape index (κ3) is 4.81. The molecule has 3 rings (SSSR count). The van der Waals surface area contributed by atoms with Crippen LogP contribution < -0.4 is 5.32 Å². The van der Waals surface area contributed by atoms with Crippen molar-refractivity contribution in [2.24, 2.45) is 0 Å². The number of piperazine rings is 1. The molecule has 0 atom stereocenters. The van der Waals surface area contributed by atoms with E-state index in [4.69, 9.17) is 16.6 Å². The number of nitrogens with zero attached hydrogens (tertiary/aromatic N) is 2. The predicted molar refractivity (Wildman–Crippen MR) is 96.3 cm³/mol. The van der Waals surface area contributed by atoms with Gasteiger partial charge in [-0.1, -0.05) is 30.3 Å². The Balaban J connectivity index is 1.36. The van der Waals surface area contributed by atoms with Crippen molar-refractivity contribution in [3.05, 3.63) is 60.1 Å². The molecule has 4 nitrogen and oxygen atoms in total. The van der Waals surface area contributed by atoms with Gasteiger partial charge in [-0.05, 0) is 36.3 Å². The van der Waals surface area contributed by atoms with Crippen LogP contribution in [0, 0.1) is 0 Å². The van der Waals surface area contributed by atoms with Crippen LogP contribution in [0.2, 0.25) is 0 Å². The number of nitrogens with one attached hydrogen (secondary N) is 1. The Kier molecular flexibility index (Phi) is 5.66. The van der Waals surface area contributed by atoms with Gasteiger partial charge in [-0.15, -0.1) is 0 Å². The minimum absolute atomic E-state index is 0.874. The summed E-state index contributed by atoms with van der Waals surface area (Å²) in [6.07, 6.45) is 2.73. The van der Waals surface area contributed by atoms with Gasteiger partial charge in [0, 0.05) is 32.7 Å². The van der Waals surface area contributed by atoms with Crippen LogP contribution in [0.15, 0.2) is 53.1 Å². The predicted octanol–water partition coefficient (Wildman–Crippen LogP) is 2.51. The topological polar surface area (TPSA) is 31.6 Å². The Bertz CT molecular complexity index is 592. The molecule has 0 amide bonds. The summed E-state index contributed by atoms with van der Waals surface area (Å²) in [7, 11) is 0. The number of hydrogen-bond acceptors (Lipinski definition) is 3. The summed E-state index contributed by atoms with van der Waals surface area (Å²) in [6.45, 7) is 5.74. The first kappa shape index (κ1) is 16.0. The maximum absolute atomic E-state index is 5.52. The molecule has 1 fully saturated rings. The molecule has 0 aliphatic carbocycles. The highest BCUT2D eigenvalue weighted by Gasteiger charge is 2.19. The number of rotatable bonds is 5. The van der Waals surface area contributed by atoms with Crippen LogP contribution in [0.1, 0.15) is 11.3 Å². The van der Waals surface area contributed by atoms with Gasteiger partial charge < -0.3 is 14.6 Å². The maximum atomic E-state index is 5.52. The van der Waals surface area contributed by atoms with Gasteiger partial charge in [0.15, 0.2) is 5.11 Å². The molecule has 2 aromatic rings. The summed E-state index contributed by atoms with van der Waals surface area (Å²) >= 11 is 5.52. The fraction of sp³-hybridized carbons (Fsp3) is 0.389. The van der Waals surface area contributed by atoms with Crippen LogP contribution in [0.25, 0.3) is 0 Å². The highest BCUT2D eigenvalue weighted by Crippen LogP contribution is 2.09. The molecular formula is C18H23N3OS. The zero-order chi connectivity index (χ0) is 15.9. The zero-order valence-corrected chi connectivity index (χ0v) is 14.1. The molecule has 2 heterocycles. The lowest BCUT2D eigenvalue weighted by Gasteiger charge is -2.35. The fourth-order valence-corrected chi connectivity index (χ4v) is 3.09. The molecule has 0 saturated carbocycles. The monoisotopic (exact) mass is 329 g/mol. The molecular weight excluding hydrogens is 306 g/mol. The third-order valence-electron chi connectivity index (χ3n) is 4.15. The largest absolute Gasteiger partial charge is 0.468 e. The van der Waals surface area contributed by atoms with E-state index in [0.29, 0.717) is 0 Å². The Morgan fingerprint density at radius 1 is 1.04 bits per heavy atom. The average Bonchev–Trinajstić information content (AvgIpc) is 3.09. The van der Waals surface area contributed by atoms with Gasteiger partial charge in [-0.25, -0.2) is 0 Å². The van der Waals surface area contributed by atoms with Crippen LogP contribution in [0.4, 0.5) is 0 Å². The second-order valence-corrected chi connectivity index (χ2v) is 6.20. The molecule has 1 aromatic carbocycles. The number of hydrogen-bond donors (Lipinski definition) is 1. The van der Waals surface area contributed by atoms with Crippen molar-refractivity contribution < 1.29 is 4.42 Å². The van der Waals surface area contributed by atoms with Gasteiger partial charge in [-0.2, -0.15) is 0 Å². The van der Waals surface area contributed by atoms with Gasteiger partial charge in [0.2, 0.25) is 0 Å². The van der Waals surface area contributed by atoms with Crippen molar-refractivity contribution >= 4 is 17.3 Å². The van der Waals surface area contributed by atoms with Crippen LogP contribution in [0.3, 0.4) is 0 Å². The molecule has 122 valence electrons. The molecule has 1 saturated heterocycles. The average molecular weight is 329 g/mol. The Morgan fingerprint density at radius 3 is 2.52 bits per heavy atom. The molecule has 5 heteroatoms. The first-order chi connectivity index (χ1) is 11.3. The molecule has 1 aliphatic rings. The minimum atomic E-state index is 0.874. The van der Waals surface area contributed by atoms with Crippen molar-refractivity contribution in [1.29, 1.82) is 0 Å². The molecule has 1 aliphatic heterocycles. The SMILES string of the molecule is S=C(NCCc1ccccc1)N1CCN(Cc2ccco2)CC1. The van der Waals surface area contributed by atoms with Gasteiger partial charge in [0.05, 0.1) is 12.8 Å². The Labute approximate surface area is 143 Å². The number of furan rings is 1. The van der Waals surface area contributed by atoms with Crippen LogP contribution in [-0.2, 0) is 13.0 Å². The van der Waals surface area contributed by atoms with Gasteiger partial charge in [0.1, 0.15) is 5.76 Å². The summed E-state index contributed by atoms with van der Waals surface area (Å²) in [5.41, 5.74) is 1.34.